The summed E-state index contributed by atoms with van der Waals surface area (Å²) in [6, 6.07) is 8.21. The zero-order valence-electron chi connectivity index (χ0n) is 7.24. The standard InChI is InChI=1S/C10H11N2.Co/c1-2-7-12-10-6-4-3-5-9(10)8-11-12;/h3-6,8H,1-2,7H2;/q-1;. The zero-order chi connectivity index (χ0) is 8.39. The summed E-state index contributed by atoms with van der Waals surface area (Å²) >= 11 is 0. The van der Waals surface area contributed by atoms with Crippen molar-refractivity contribution in [2.45, 2.75) is 13.0 Å². The molecule has 2 rings (SSSR count). The number of rotatable bonds is 2. The molecule has 0 aliphatic heterocycles. The van der Waals surface area contributed by atoms with Crippen LogP contribution >= 0.6 is 0 Å². The number of benzene rings is 1. The molecule has 13 heavy (non-hydrogen) atoms. The zero-order valence-corrected chi connectivity index (χ0v) is 8.28. The van der Waals surface area contributed by atoms with Crippen molar-refractivity contribution in [3.8, 4) is 0 Å². The van der Waals surface area contributed by atoms with E-state index in [1.54, 1.807) is 0 Å². The van der Waals surface area contributed by atoms with Crippen LogP contribution in [0.15, 0.2) is 30.5 Å². The van der Waals surface area contributed by atoms with Crippen molar-refractivity contribution in [3.63, 3.8) is 0 Å². The van der Waals surface area contributed by atoms with Crippen LogP contribution in [0.25, 0.3) is 10.9 Å². The quantitative estimate of drug-likeness (QED) is 0.707. The summed E-state index contributed by atoms with van der Waals surface area (Å²) in [6.07, 6.45) is 2.77. The molecule has 0 fully saturated rings. The molecule has 0 amide bonds. The Balaban J connectivity index is 0.000000845. The van der Waals surface area contributed by atoms with Crippen LogP contribution in [-0.4, -0.2) is 9.78 Å². The van der Waals surface area contributed by atoms with E-state index in [9.17, 15) is 0 Å². The fraction of sp³-hybridized carbons (Fsp3) is 0.200. The Hall–Kier alpha value is -0.804. The van der Waals surface area contributed by atoms with Crippen molar-refractivity contribution in [1.29, 1.82) is 0 Å². The summed E-state index contributed by atoms with van der Waals surface area (Å²) in [5, 5.41) is 5.46. The molecule has 1 aromatic heterocycles. The summed E-state index contributed by atoms with van der Waals surface area (Å²) < 4.78 is 1.99. The maximum atomic E-state index is 4.26. The fourth-order valence-electron chi connectivity index (χ4n) is 1.35. The van der Waals surface area contributed by atoms with Crippen LogP contribution in [-0.2, 0) is 23.3 Å². The maximum absolute atomic E-state index is 4.26. The average Bonchev–Trinajstić information content (AvgIpc) is 2.50. The van der Waals surface area contributed by atoms with Crippen molar-refractivity contribution in [3.05, 3.63) is 37.4 Å². The summed E-state index contributed by atoms with van der Waals surface area (Å²) in [6.45, 7) is 4.70. The average molecular weight is 218 g/mol. The second-order valence-corrected chi connectivity index (χ2v) is 2.78. The van der Waals surface area contributed by atoms with E-state index in [0.717, 1.165) is 13.0 Å². The van der Waals surface area contributed by atoms with Gasteiger partial charge in [0.15, 0.2) is 0 Å². The van der Waals surface area contributed by atoms with Crippen molar-refractivity contribution in [2.75, 3.05) is 0 Å². The fourth-order valence-corrected chi connectivity index (χ4v) is 1.35. The Labute approximate surface area is 88.1 Å². The Bertz CT molecular complexity index is 381. The van der Waals surface area contributed by atoms with Crippen LogP contribution in [0, 0.1) is 6.92 Å². The molecule has 71 valence electrons. The van der Waals surface area contributed by atoms with Gasteiger partial charge in [-0.1, -0.05) is 18.2 Å². The summed E-state index contributed by atoms with van der Waals surface area (Å²) in [4.78, 5) is 0. The Morgan fingerprint density at radius 1 is 1.31 bits per heavy atom. The van der Waals surface area contributed by atoms with Gasteiger partial charge in [0.2, 0.25) is 0 Å². The molecule has 2 aromatic rings. The normalized spacial score (nSPS) is 9.92. The van der Waals surface area contributed by atoms with E-state index in [1.165, 1.54) is 10.9 Å². The van der Waals surface area contributed by atoms with Crippen LogP contribution in [0.3, 0.4) is 0 Å². The van der Waals surface area contributed by atoms with E-state index in [4.69, 9.17) is 0 Å². The van der Waals surface area contributed by atoms with Gasteiger partial charge in [-0.2, -0.15) is 11.5 Å². The molecular formula is C10H11CoN2-. The molecule has 1 radical (unpaired) electrons. The topological polar surface area (TPSA) is 17.8 Å². The van der Waals surface area contributed by atoms with Gasteiger partial charge in [-0.15, -0.1) is 0 Å². The molecule has 0 N–H and O–H groups in total. The van der Waals surface area contributed by atoms with Gasteiger partial charge in [0.1, 0.15) is 0 Å². The van der Waals surface area contributed by atoms with Gasteiger partial charge in [-0.25, -0.2) is 0 Å². The first kappa shape index (κ1) is 10.3. The number of aromatic nitrogens is 2. The van der Waals surface area contributed by atoms with Crippen LogP contribution in [0.2, 0.25) is 0 Å². The molecule has 0 unspecified atom stereocenters. The van der Waals surface area contributed by atoms with E-state index in [0.29, 0.717) is 0 Å². The van der Waals surface area contributed by atoms with Crippen LogP contribution < -0.4 is 0 Å². The number of nitrogens with zero attached hydrogens (tertiary/aromatic N) is 2. The van der Waals surface area contributed by atoms with E-state index in [-0.39, 0.29) is 16.8 Å². The summed E-state index contributed by atoms with van der Waals surface area (Å²) in [5.41, 5.74) is 1.20. The van der Waals surface area contributed by atoms with Crippen LogP contribution in [0.4, 0.5) is 0 Å². The predicted molar refractivity (Wildman–Crippen MR) is 49.7 cm³/mol. The molecule has 0 spiro atoms. The van der Waals surface area contributed by atoms with Crippen molar-refractivity contribution in [1.82, 2.24) is 9.78 Å². The third-order valence-electron chi connectivity index (χ3n) is 1.92. The minimum Gasteiger partial charge on any atom is -0.342 e. The number of fused-ring (bicyclic) bond motifs is 1. The van der Waals surface area contributed by atoms with Crippen molar-refractivity contribution in [2.24, 2.45) is 0 Å². The van der Waals surface area contributed by atoms with E-state index in [2.05, 4.69) is 24.2 Å². The molecular weight excluding hydrogens is 207 g/mol. The van der Waals surface area contributed by atoms with Crippen LogP contribution in [0.5, 0.6) is 0 Å². The largest absolute Gasteiger partial charge is 0.342 e. The molecule has 1 heterocycles. The van der Waals surface area contributed by atoms with E-state index in [1.807, 2.05) is 23.0 Å². The van der Waals surface area contributed by atoms with Gasteiger partial charge >= 0.3 is 0 Å². The molecule has 0 saturated carbocycles. The summed E-state index contributed by atoms with van der Waals surface area (Å²) in [5.74, 6) is 0. The van der Waals surface area contributed by atoms with E-state index >= 15 is 0 Å². The minimum atomic E-state index is 0. The minimum absolute atomic E-state index is 0. The van der Waals surface area contributed by atoms with Gasteiger partial charge in [-0.3, -0.25) is 4.68 Å². The smallest absolute Gasteiger partial charge is 0.0681 e. The van der Waals surface area contributed by atoms with Gasteiger partial charge in [-0.05, 0) is 6.07 Å². The second kappa shape index (κ2) is 4.44. The van der Waals surface area contributed by atoms with Crippen molar-refractivity contribution >= 4 is 10.9 Å². The number of hydrogen-bond donors (Lipinski definition) is 0. The molecule has 0 aliphatic carbocycles. The number of hydrogen-bond acceptors (Lipinski definition) is 1. The molecule has 2 nitrogen and oxygen atoms in total. The van der Waals surface area contributed by atoms with Crippen molar-refractivity contribution < 1.29 is 16.8 Å². The second-order valence-electron chi connectivity index (χ2n) is 2.78. The third-order valence-corrected chi connectivity index (χ3v) is 1.92. The monoisotopic (exact) mass is 218 g/mol. The molecule has 0 atom stereocenters. The number of para-hydroxylation sites is 1. The first-order valence-corrected chi connectivity index (χ1v) is 4.11. The van der Waals surface area contributed by atoms with Gasteiger partial charge in [0, 0.05) is 28.7 Å². The first-order chi connectivity index (χ1) is 5.92. The SMILES string of the molecule is [CH2-]CCn1ncc2ccccc21.[Co]. The molecule has 0 saturated heterocycles. The van der Waals surface area contributed by atoms with Gasteiger partial charge in [0.25, 0.3) is 0 Å². The number of aryl methyl sites for hydroxylation is 1. The molecule has 0 aliphatic rings. The third kappa shape index (κ3) is 1.92. The van der Waals surface area contributed by atoms with Crippen LogP contribution in [0.1, 0.15) is 6.42 Å². The van der Waals surface area contributed by atoms with E-state index < -0.39 is 0 Å². The molecule has 1 aromatic carbocycles. The Morgan fingerprint density at radius 2 is 2.08 bits per heavy atom. The maximum Gasteiger partial charge on any atom is 0.0681 e. The molecule has 3 heteroatoms. The summed E-state index contributed by atoms with van der Waals surface area (Å²) in [7, 11) is 0. The van der Waals surface area contributed by atoms with Gasteiger partial charge in [0.05, 0.1) is 11.7 Å². The predicted octanol–water partition coefficient (Wildman–Crippen LogP) is 2.26. The van der Waals surface area contributed by atoms with Gasteiger partial charge < -0.3 is 6.92 Å². The molecule has 0 bridgehead atoms. The Kier molecular flexibility index (Phi) is 3.51. The first-order valence-electron chi connectivity index (χ1n) is 4.11. The Morgan fingerprint density at radius 3 is 2.85 bits per heavy atom.